The summed E-state index contributed by atoms with van der Waals surface area (Å²) in [6.07, 6.45) is 3.13. The molecule has 1 saturated heterocycles. The zero-order chi connectivity index (χ0) is 18.4. The summed E-state index contributed by atoms with van der Waals surface area (Å²) in [5.41, 5.74) is 1.73. The standard InChI is InChI=1S/C18H22N4O4/c1-19-18-17(20-6-7-21-18)15-11-22(8-9-25-15)10-13-4-2-3-5-14(13)26-12-16(23)24/h2-7,15H,8-12H2,1H3,(H,19,21)(H,23,24). The zero-order valence-corrected chi connectivity index (χ0v) is 14.6. The van der Waals surface area contributed by atoms with Crippen LogP contribution < -0.4 is 10.1 Å². The van der Waals surface area contributed by atoms with Gasteiger partial charge in [-0.3, -0.25) is 9.88 Å². The van der Waals surface area contributed by atoms with Gasteiger partial charge < -0.3 is 19.9 Å². The first kappa shape index (κ1) is 18.1. The minimum absolute atomic E-state index is 0.174. The first-order valence-corrected chi connectivity index (χ1v) is 8.42. The maximum absolute atomic E-state index is 10.8. The first-order chi connectivity index (χ1) is 12.7. The SMILES string of the molecule is CNc1nccnc1C1CN(Cc2ccccc2OCC(=O)O)CCO1. The summed E-state index contributed by atoms with van der Waals surface area (Å²) in [4.78, 5) is 21.7. The number of carbonyl (C=O) groups is 1. The van der Waals surface area contributed by atoms with E-state index >= 15 is 0 Å². The van der Waals surface area contributed by atoms with E-state index in [1.807, 2.05) is 25.2 Å². The van der Waals surface area contributed by atoms with Gasteiger partial charge in [0.05, 0.1) is 6.61 Å². The molecule has 0 radical (unpaired) electrons. The third-order valence-corrected chi connectivity index (χ3v) is 4.14. The Labute approximate surface area is 151 Å². The molecule has 0 saturated carbocycles. The van der Waals surface area contributed by atoms with E-state index in [2.05, 4.69) is 20.2 Å². The molecular weight excluding hydrogens is 336 g/mol. The summed E-state index contributed by atoms with van der Waals surface area (Å²) >= 11 is 0. The van der Waals surface area contributed by atoms with Gasteiger partial charge in [-0.2, -0.15) is 0 Å². The fraction of sp³-hybridized carbons (Fsp3) is 0.389. The van der Waals surface area contributed by atoms with Crippen LogP contribution in [-0.4, -0.2) is 59.3 Å². The second-order valence-corrected chi connectivity index (χ2v) is 5.92. The lowest BCUT2D eigenvalue weighted by atomic mass is 10.1. The summed E-state index contributed by atoms with van der Waals surface area (Å²) in [7, 11) is 1.81. The molecule has 2 aromatic rings. The molecule has 138 valence electrons. The quantitative estimate of drug-likeness (QED) is 0.770. The van der Waals surface area contributed by atoms with Crippen LogP contribution in [0, 0.1) is 0 Å². The van der Waals surface area contributed by atoms with E-state index in [9.17, 15) is 4.79 Å². The van der Waals surface area contributed by atoms with Crippen LogP contribution in [0.5, 0.6) is 5.75 Å². The van der Waals surface area contributed by atoms with Gasteiger partial charge in [0.25, 0.3) is 0 Å². The number of anilines is 1. The van der Waals surface area contributed by atoms with Crippen molar-refractivity contribution in [2.45, 2.75) is 12.6 Å². The Morgan fingerprint density at radius 2 is 2.19 bits per heavy atom. The fourth-order valence-corrected chi connectivity index (χ4v) is 2.94. The smallest absolute Gasteiger partial charge is 0.341 e. The number of hydrogen-bond donors (Lipinski definition) is 2. The molecule has 1 atom stereocenters. The Morgan fingerprint density at radius 1 is 1.38 bits per heavy atom. The molecule has 26 heavy (non-hydrogen) atoms. The third-order valence-electron chi connectivity index (χ3n) is 4.14. The predicted molar refractivity (Wildman–Crippen MR) is 95.1 cm³/mol. The molecule has 0 amide bonds. The van der Waals surface area contributed by atoms with Crippen molar-refractivity contribution >= 4 is 11.8 Å². The molecule has 3 rings (SSSR count). The molecule has 1 aromatic heterocycles. The molecule has 1 unspecified atom stereocenters. The molecule has 2 N–H and O–H groups in total. The van der Waals surface area contributed by atoms with E-state index in [-0.39, 0.29) is 12.7 Å². The van der Waals surface area contributed by atoms with Gasteiger partial charge >= 0.3 is 5.97 Å². The Balaban J connectivity index is 1.70. The molecule has 1 aliphatic rings. The Kier molecular flexibility index (Phi) is 5.98. The number of morpholine rings is 1. The molecule has 0 spiro atoms. The maximum atomic E-state index is 10.8. The summed E-state index contributed by atoms with van der Waals surface area (Å²) in [5, 5.41) is 11.9. The van der Waals surface area contributed by atoms with Crippen LogP contribution in [0.15, 0.2) is 36.7 Å². The van der Waals surface area contributed by atoms with Crippen molar-refractivity contribution in [2.24, 2.45) is 0 Å². The predicted octanol–water partition coefficient (Wildman–Crippen LogP) is 1.56. The molecule has 0 aliphatic carbocycles. The van der Waals surface area contributed by atoms with E-state index in [0.717, 1.165) is 17.8 Å². The van der Waals surface area contributed by atoms with E-state index in [1.165, 1.54) is 0 Å². The van der Waals surface area contributed by atoms with Crippen molar-refractivity contribution in [3.8, 4) is 5.75 Å². The number of aliphatic carboxylic acids is 1. The number of nitrogens with one attached hydrogen (secondary N) is 1. The molecule has 0 bridgehead atoms. The highest BCUT2D eigenvalue weighted by atomic mass is 16.5. The van der Waals surface area contributed by atoms with Gasteiger partial charge in [0, 0.05) is 44.6 Å². The van der Waals surface area contributed by atoms with Crippen molar-refractivity contribution < 1.29 is 19.4 Å². The lowest BCUT2D eigenvalue weighted by Gasteiger charge is -2.33. The number of aromatic nitrogens is 2. The van der Waals surface area contributed by atoms with E-state index < -0.39 is 5.97 Å². The molecule has 2 heterocycles. The second-order valence-electron chi connectivity index (χ2n) is 5.92. The van der Waals surface area contributed by atoms with E-state index in [1.54, 1.807) is 18.5 Å². The minimum atomic E-state index is -0.992. The fourth-order valence-electron chi connectivity index (χ4n) is 2.94. The van der Waals surface area contributed by atoms with E-state index in [4.69, 9.17) is 14.6 Å². The zero-order valence-electron chi connectivity index (χ0n) is 14.6. The lowest BCUT2D eigenvalue weighted by Crippen LogP contribution is -2.38. The van der Waals surface area contributed by atoms with Gasteiger partial charge in [-0.1, -0.05) is 18.2 Å². The molecule has 1 aromatic carbocycles. The number of nitrogens with zero attached hydrogens (tertiary/aromatic N) is 3. The van der Waals surface area contributed by atoms with Gasteiger partial charge in [-0.05, 0) is 6.07 Å². The Morgan fingerprint density at radius 3 is 3.00 bits per heavy atom. The van der Waals surface area contributed by atoms with Gasteiger partial charge in [0.15, 0.2) is 6.61 Å². The molecule has 1 fully saturated rings. The summed E-state index contributed by atoms with van der Waals surface area (Å²) in [5.74, 6) is 0.311. The number of ether oxygens (including phenoxy) is 2. The normalized spacial score (nSPS) is 17.7. The lowest BCUT2D eigenvalue weighted by molar-refractivity contribution is -0.139. The monoisotopic (exact) mass is 358 g/mol. The highest BCUT2D eigenvalue weighted by Crippen LogP contribution is 2.27. The number of carboxylic acid groups (broad SMARTS) is 1. The number of benzene rings is 1. The van der Waals surface area contributed by atoms with Crippen molar-refractivity contribution in [1.82, 2.24) is 14.9 Å². The first-order valence-electron chi connectivity index (χ1n) is 8.42. The average Bonchev–Trinajstić information content (AvgIpc) is 2.67. The highest BCUT2D eigenvalue weighted by Gasteiger charge is 2.26. The second kappa shape index (κ2) is 8.59. The van der Waals surface area contributed by atoms with Crippen molar-refractivity contribution in [3.63, 3.8) is 0 Å². The van der Waals surface area contributed by atoms with Crippen molar-refractivity contribution in [2.75, 3.05) is 38.7 Å². The highest BCUT2D eigenvalue weighted by molar-refractivity contribution is 5.68. The largest absolute Gasteiger partial charge is 0.482 e. The van der Waals surface area contributed by atoms with Crippen molar-refractivity contribution in [3.05, 3.63) is 47.9 Å². The minimum Gasteiger partial charge on any atom is -0.482 e. The van der Waals surface area contributed by atoms with Crippen LogP contribution in [0.4, 0.5) is 5.82 Å². The third kappa shape index (κ3) is 4.47. The van der Waals surface area contributed by atoms with Crippen LogP contribution in [0.1, 0.15) is 17.4 Å². The summed E-state index contributed by atoms with van der Waals surface area (Å²) < 4.78 is 11.3. The number of hydrogen-bond acceptors (Lipinski definition) is 7. The topological polar surface area (TPSA) is 96.8 Å². The van der Waals surface area contributed by atoms with E-state index in [0.29, 0.717) is 31.3 Å². The van der Waals surface area contributed by atoms with Gasteiger partial charge in [-0.15, -0.1) is 0 Å². The molecule has 8 heteroatoms. The van der Waals surface area contributed by atoms with Crippen LogP contribution in [0.25, 0.3) is 0 Å². The van der Waals surface area contributed by atoms with Crippen molar-refractivity contribution in [1.29, 1.82) is 0 Å². The molecule has 1 aliphatic heterocycles. The number of rotatable bonds is 7. The Hall–Kier alpha value is -2.71. The van der Waals surface area contributed by atoms with Crippen LogP contribution >= 0.6 is 0 Å². The summed E-state index contributed by atoms with van der Waals surface area (Å²) in [6.45, 7) is 2.32. The average molecular weight is 358 g/mol. The number of para-hydroxylation sites is 1. The van der Waals surface area contributed by atoms with Gasteiger partial charge in [0.1, 0.15) is 23.4 Å². The van der Waals surface area contributed by atoms with Gasteiger partial charge in [0.2, 0.25) is 0 Å². The molecular formula is C18H22N4O4. The molecule has 8 nitrogen and oxygen atoms in total. The maximum Gasteiger partial charge on any atom is 0.341 e. The Bertz CT molecular complexity index is 755. The summed E-state index contributed by atoms with van der Waals surface area (Å²) in [6, 6.07) is 7.49. The van der Waals surface area contributed by atoms with Crippen LogP contribution in [0.3, 0.4) is 0 Å². The van der Waals surface area contributed by atoms with Crippen LogP contribution in [0.2, 0.25) is 0 Å². The van der Waals surface area contributed by atoms with Crippen LogP contribution in [-0.2, 0) is 16.1 Å². The number of carboxylic acids is 1. The van der Waals surface area contributed by atoms with Gasteiger partial charge in [-0.25, -0.2) is 9.78 Å².